The fraction of sp³-hybridized carbons (Fsp3) is 0.381. The molecular weight excluding hydrogens is 346 g/mol. The first-order valence-corrected chi connectivity index (χ1v) is 9.90. The van der Waals surface area contributed by atoms with E-state index >= 15 is 0 Å². The Morgan fingerprint density at radius 1 is 1.27 bits per heavy atom. The molecule has 2 aromatic rings. The van der Waals surface area contributed by atoms with E-state index in [1.165, 1.54) is 5.56 Å². The summed E-state index contributed by atoms with van der Waals surface area (Å²) in [6.07, 6.45) is 0.724. The van der Waals surface area contributed by atoms with Gasteiger partial charge in [-0.1, -0.05) is 30.3 Å². The Hall–Kier alpha value is -2.14. The highest BCUT2D eigenvalue weighted by Gasteiger charge is 2.34. The number of rotatable bonds is 6. The summed E-state index contributed by atoms with van der Waals surface area (Å²) in [4.78, 5) is 12.5. The van der Waals surface area contributed by atoms with Gasteiger partial charge in [0.25, 0.3) is 0 Å². The molecule has 1 aliphatic heterocycles. The topological polar surface area (TPSA) is 47.6 Å². The highest BCUT2D eigenvalue weighted by atomic mass is 32.2. The van der Waals surface area contributed by atoms with Crippen LogP contribution in [-0.2, 0) is 10.5 Å². The van der Waals surface area contributed by atoms with Crippen molar-refractivity contribution < 1.29 is 14.3 Å². The van der Waals surface area contributed by atoms with Gasteiger partial charge in [0.1, 0.15) is 17.1 Å². The van der Waals surface area contributed by atoms with Crippen LogP contribution < -0.4 is 14.8 Å². The minimum Gasteiger partial charge on any atom is -0.497 e. The highest BCUT2D eigenvalue weighted by molar-refractivity contribution is 7.99. The van der Waals surface area contributed by atoms with Gasteiger partial charge in [-0.2, -0.15) is 0 Å². The third-order valence-electron chi connectivity index (χ3n) is 4.35. The van der Waals surface area contributed by atoms with Crippen molar-refractivity contribution in [3.05, 3.63) is 59.7 Å². The molecule has 1 atom stereocenters. The van der Waals surface area contributed by atoms with E-state index in [2.05, 4.69) is 17.4 Å². The van der Waals surface area contributed by atoms with Crippen LogP contribution in [0.2, 0.25) is 0 Å². The Bertz CT molecular complexity index is 761. The van der Waals surface area contributed by atoms with Crippen LogP contribution in [0, 0.1) is 0 Å². The third-order valence-corrected chi connectivity index (χ3v) is 5.36. The fourth-order valence-electron chi connectivity index (χ4n) is 3.16. The van der Waals surface area contributed by atoms with Gasteiger partial charge in [-0.05, 0) is 37.6 Å². The van der Waals surface area contributed by atoms with Gasteiger partial charge < -0.3 is 14.8 Å². The Kier molecular flexibility index (Phi) is 5.77. The molecule has 0 saturated carbocycles. The second-order valence-corrected chi connectivity index (χ2v) is 8.05. The number of benzene rings is 2. The highest BCUT2D eigenvalue weighted by Crippen LogP contribution is 2.41. The van der Waals surface area contributed by atoms with Crippen LogP contribution in [0.3, 0.4) is 0 Å². The third kappa shape index (κ3) is 4.73. The zero-order valence-corrected chi connectivity index (χ0v) is 16.3. The van der Waals surface area contributed by atoms with Crippen molar-refractivity contribution >= 4 is 17.7 Å². The molecule has 4 nitrogen and oxygen atoms in total. The van der Waals surface area contributed by atoms with E-state index in [1.54, 1.807) is 18.9 Å². The van der Waals surface area contributed by atoms with Crippen LogP contribution in [0.5, 0.6) is 11.5 Å². The van der Waals surface area contributed by atoms with Crippen molar-refractivity contribution in [1.29, 1.82) is 0 Å². The van der Waals surface area contributed by atoms with Crippen LogP contribution in [0.15, 0.2) is 48.5 Å². The first-order chi connectivity index (χ1) is 12.5. The molecule has 0 aromatic heterocycles. The molecule has 0 fully saturated rings. The van der Waals surface area contributed by atoms with Crippen molar-refractivity contribution in [2.24, 2.45) is 0 Å². The Morgan fingerprint density at radius 2 is 2.04 bits per heavy atom. The number of carbonyl (C=O) groups is 1. The van der Waals surface area contributed by atoms with E-state index < -0.39 is 0 Å². The zero-order valence-electron chi connectivity index (χ0n) is 15.5. The summed E-state index contributed by atoms with van der Waals surface area (Å²) < 4.78 is 11.4. The van der Waals surface area contributed by atoms with E-state index in [-0.39, 0.29) is 17.6 Å². The number of hydrogen-bond acceptors (Lipinski definition) is 4. The molecule has 1 N–H and O–H groups in total. The monoisotopic (exact) mass is 371 g/mol. The summed E-state index contributed by atoms with van der Waals surface area (Å²) in [5.74, 6) is 2.89. The number of methoxy groups -OCH3 is 1. The molecule has 0 spiro atoms. The Morgan fingerprint density at radius 3 is 2.77 bits per heavy atom. The summed E-state index contributed by atoms with van der Waals surface area (Å²) in [5, 5.41) is 3.17. The molecule has 1 amide bonds. The number of carbonyl (C=O) groups excluding carboxylic acids is 1. The molecule has 0 aliphatic carbocycles. The molecule has 5 heteroatoms. The minimum absolute atomic E-state index is 0.0439. The summed E-state index contributed by atoms with van der Waals surface area (Å²) in [7, 11) is 1.64. The maximum atomic E-state index is 12.5. The van der Waals surface area contributed by atoms with E-state index in [4.69, 9.17) is 9.47 Å². The van der Waals surface area contributed by atoms with Gasteiger partial charge in [-0.25, -0.2) is 0 Å². The lowest BCUT2D eigenvalue weighted by atomic mass is 9.89. The van der Waals surface area contributed by atoms with Crippen LogP contribution >= 0.6 is 11.8 Å². The molecule has 26 heavy (non-hydrogen) atoms. The number of ether oxygens (including phenoxy) is 2. The van der Waals surface area contributed by atoms with Crippen molar-refractivity contribution in [1.82, 2.24) is 5.32 Å². The zero-order chi connectivity index (χ0) is 18.6. The molecule has 0 saturated heterocycles. The van der Waals surface area contributed by atoms with Crippen molar-refractivity contribution in [3.63, 3.8) is 0 Å². The van der Waals surface area contributed by atoms with Crippen molar-refractivity contribution in [3.8, 4) is 11.5 Å². The number of fused-ring (bicyclic) bond motifs is 1. The quantitative estimate of drug-likeness (QED) is 0.820. The smallest absolute Gasteiger partial charge is 0.230 e. The van der Waals surface area contributed by atoms with Crippen molar-refractivity contribution in [2.45, 2.75) is 37.7 Å². The molecule has 138 valence electrons. The largest absolute Gasteiger partial charge is 0.497 e. The van der Waals surface area contributed by atoms with E-state index in [0.717, 1.165) is 29.2 Å². The van der Waals surface area contributed by atoms with Gasteiger partial charge >= 0.3 is 0 Å². The van der Waals surface area contributed by atoms with E-state index in [9.17, 15) is 4.79 Å². The van der Waals surface area contributed by atoms with Gasteiger partial charge in [0.15, 0.2) is 0 Å². The fourth-order valence-corrected chi connectivity index (χ4v) is 3.96. The van der Waals surface area contributed by atoms with E-state index in [1.807, 2.05) is 50.2 Å². The van der Waals surface area contributed by atoms with Gasteiger partial charge in [0.2, 0.25) is 5.91 Å². The Balaban J connectivity index is 1.63. The predicted molar refractivity (Wildman–Crippen MR) is 106 cm³/mol. The van der Waals surface area contributed by atoms with Gasteiger partial charge in [-0.3, -0.25) is 4.79 Å². The van der Waals surface area contributed by atoms with Gasteiger partial charge in [0.05, 0.1) is 18.9 Å². The maximum absolute atomic E-state index is 12.5. The normalized spacial score (nSPS) is 17.7. The second-order valence-electron chi connectivity index (χ2n) is 7.07. The molecule has 0 bridgehead atoms. The maximum Gasteiger partial charge on any atom is 0.230 e. The molecule has 0 radical (unpaired) electrons. The molecule has 3 rings (SSSR count). The first kappa shape index (κ1) is 18.6. The summed E-state index contributed by atoms with van der Waals surface area (Å²) in [5.41, 5.74) is 1.88. The summed E-state index contributed by atoms with van der Waals surface area (Å²) in [6.45, 7) is 4.09. The molecule has 1 aliphatic rings. The first-order valence-electron chi connectivity index (χ1n) is 8.75. The van der Waals surface area contributed by atoms with Crippen LogP contribution in [0.1, 0.15) is 37.4 Å². The lowest BCUT2D eigenvalue weighted by Gasteiger charge is -2.38. The lowest BCUT2D eigenvalue weighted by Crippen LogP contribution is -2.41. The van der Waals surface area contributed by atoms with E-state index in [0.29, 0.717) is 5.75 Å². The van der Waals surface area contributed by atoms with Crippen molar-refractivity contribution in [2.75, 3.05) is 12.9 Å². The SMILES string of the molecule is COc1ccc2c(c1)[C@H](NC(=O)CSCc1ccccc1)CC(C)(C)O2. The van der Waals surface area contributed by atoms with Crippen LogP contribution in [-0.4, -0.2) is 24.4 Å². The number of thioether (sulfide) groups is 1. The molecule has 2 aromatic carbocycles. The molecule has 0 unspecified atom stereocenters. The molecule has 1 heterocycles. The minimum atomic E-state index is -0.323. The van der Waals surface area contributed by atoms with Gasteiger partial charge in [0, 0.05) is 17.7 Å². The lowest BCUT2D eigenvalue weighted by molar-refractivity contribution is -0.119. The molecular formula is C21H25NO3S. The predicted octanol–water partition coefficient (Wildman–Crippen LogP) is 4.35. The summed E-state index contributed by atoms with van der Waals surface area (Å²) in [6, 6.07) is 15.9. The Labute approximate surface area is 159 Å². The van der Waals surface area contributed by atoms with Crippen LogP contribution in [0.25, 0.3) is 0 Å². The second kappa shape index (κ2) is 8.04. The average Bonchev–Trinajstić information content (AvgIpc) is 2.61. The van der Waals surface area contributed by atoms with Crippen LogP contribution in [0.4, 0.5) is 0 Å². The number of amides is 1. The van der Waals surface area contributed by atoms with Gasteiger partial charge in [-0.15, -0.1) is 11.8 Å². The standard InChI is InChI=1S/C21H25NO3S/c1-21(2)12-18(17-11-16(24-3)9-10-19(17)25-21)22-20(23)14-26-13-15-7-5-4-6-8-15/h4-11,18H,12-14H2,1-3H3,(H,22,23)/t18-/m1/s1. The number of hydrogen-bond donors (Lipinski definition) is 1. The average molecular weight is 372 g/mol. The number of nitrogens with one attached hydrogen (secondary N) is 1. The summed E-state index contributed by atoms with van der Waals surface area (Å²) >= 11 is 1.62.